The van der Waals surface area contributed by atoms with Gasteiger partial charge in [0.25, 0.3) is 0 Å². The lowest BCUT2D eigenvalue weighted by Gasteiger charge is -2.19. The van der Waals surface area contributed by atoms with Gasteiger partial charge in [0.05, 0.1) is 0 Å². The molecule has 7 heteroatoms. The van der Waals surface area contributed by atoms with Crippen molar-refractivity contribution >= 4 is 11.6 Å². The molecule has 21 heavy (non-hydrogen) atoms. The van der Waals surface area contributed by atoms with Gasteiger partial charge in [0.1, 0.15) is 11.6 Å². The number of nitrogens with zero attached hydrogens (tertiary/aromatic N) is 3. The zero-order valence-electron chi connectivity index (χ0n) is 11.6. The summed E-state index contributed by atoms with van der Waals surface area (Å²) in [5.74, 6) is -1.30. The van der Waals surface area contributed by atoms with Gasteiger partial charge >= 0.3 is 6.18 Å². The quantitative estimate of drug-likeness (QED) is 0.946. The monoisotopic (exact) mass is 296 g/mol. The zero-order valence-corrected chi connectivity index (χ0v) is 11.6. The molecule has 0 saturated carbocycles. The zero-order chi connectivity index (χ0) is 15.6. The molecule has 2 N–H and O–H groups in total. The van der Waals surface area contributed by atoms with Crippen LogP contribution in [0.4, 0.5) is 24.8 Å². The molecular weight excluding hydrogens is 281 g/mol. The Bertz CT molecular complexity index is 623. The van der Waals surface area contributed by atoms with Crippen molar-refractivity contribution in [2.24, 2.45) is 0 Å². The number of nitrogen functional groups attached to an aromatic ring is 1. The van der Waals surface area contributed by atoms with E-state index in [0.717, 1.165) is 11.1 Å². The first kappa shape index (κ1) is 15.1. The fraction of sp³-hybridized carbons (Fsp3) is 0.286. The van der Waals surface area contributed by atoms with Crippen molar-refractivity contribution in [3.8, 4) is 0 Å². The standard InChI is InChI=1S/C14H15F3N4/c1-9-3-5-10(6-4-9)8-21(2)12-7-11(18)19-13(20-12)14(15,16)17/h3-7H,8H2,1-2H3,(H2,18,19,20). The van der Waals surface area contributed by atoms with Gasteiger partial charge < -0.3 is 10.6 Å². The van der Waals surface area contributed by atoms with E-state index in [1.165, 1.54) is 6.07 Å². The Morgan fingerprint density at radius 2 is 1.76 bits per heavy atom. The van der Waals surface area contributed by atoms with Crippen LogP contribution in [0.5, 0.6) is 0 Å². The highest BCUT2D eigenvalue weighted by Crippen LogP contribution is 2.28. The molecule has 2 rings (SSSR count). The molecule has 1 aromatic heterocycles. The number of rotatable bonds is 3. The summed E-state index contributed by atoms with van der Waals surface area (Å²) in [6.45, 7) is 2.39. The van der Waals surface area contributed by atoms with Gasteiger partial charge in [-0.25, -0.2) is 9.97 Å². The lowest BCUT2D eigenvalue weighted by atomic mass is 10.1. The van der Waals surface area contributed by atoms with E-state index < -0.39 is 12.0 Å². The van der Waals surface area contributed by atoms with E-state index in [2.05, 4.69) is 9.97 Å². The van der Waals surface area contributed by atoms with Crippen LogP contribution in [0.15, 0.2) is 30.3 Å². The molecule has 0 atom stereocenters. The van der Waals surface area contributed by atoms with Gasteiger partial charge in [0.2, 0.25) is 5.82 Å². The van der Waals surface area contributed by atoms with Gasteiger partial charge in [-0.1, -0.05) is 29.8 Å². The second-order valence-electron chi connectivity index (χ2n) is 4.81. The molecule has 0 saturated heterocycles. The summed E-state index contributed by atoms with van der Waals surface area (Å²) in [7, 11) is 1.65. The van der Waals surface area contributed by atoms with Crippen molar-refractivity contribution in [3.05, 3.63) is 47.3 Å². The molecule has 0 aliphatic heterocycles. The predicted molar refractivity (Wildman–Crippen MR) is 74.7 cm³/mol. The molecule has 0 bridgehead atoms. The van der Waals surface area contributed by atoms with Gasteiger partial charge in [0, 0.05) is 19.7 Å². The summed E-state index contributed by atoms with van der Waals surface area (Å²) < 4.78 is 38.1. The normalized spacial score (nSPS) is 11.5. The van der Waals surface area contributed by atoms with Crippen molar-refractivity contribution in [1.82, 2.24) is 9.97 Å². The lowest BCUT2D eigenvalue weighted by Crippen LogP contribution is -2.21. The topological polar surface area (TPSA) is 55.0 Å². The maximum atomic E-state index is 12.7. The highest BCUT2D eigenvalue weighted by atomic mass is 19.4. The SMILES string of the molecule is Cc1ccc(CN(C)c2cc(N)nc(C(F)(F)F)n2)cc1. The fourth-order valence-corrected chi connectivity index (χ4v) is 1.82. The number of aryl methyl sites for hydroxylation is 1. The number of nitrogens with two attached hydrogens (primary N) is 1. The van der Waals surface area contributed by atoms with Crippen molar-refractivity contribution in [1.29, 1.82) is 0 Å². The van der Waals surface area contributed by atoms with Gasteiger partial charge in [-0.15, -0.1) is 0 Å². The van der Waals surface area contributed by atoms with Crippen molar-refractivity contribution < 1.29 is 13.2 Å². The Labute approximate surface area is 120 Å². The van der Waals surface area contributed by atoms with Crippen LogP contribution in [0.1, 0.15) is 17.0 Å². The Morgan fingerprint density at radius 3 is 2.33 bits per heavy atom. The summed E-state index contributed by atoms with van der Waals surface area (Å²) in [5, 5.41) is 0. The highest BCUT2D eigenvalue weighted by molar-refractivity contribution is 5.47. The molecule has 4 nitrogen and oxygen atoms in total. The van der Waals surface area contributed by atoms with Gasteiger partial charge in [-0.05, 0) is 12.5 Å². The Balaban J connectivity index is 2.24. The van der Waals surface area contributed by atoms with Gasteiger partial charge in [-0.2, -0.15) is 13.2 Å². The number of benzene rings is 1. The number of anilines is 2. The number of aromatic nitrogens is 2. The molecular formula is C14H15F3N4. The maximum absolute atomic E-state index is 12.7. The molecule has 0 unspecified atom stereocenters. The largest absolute Gasteiger partial charge is 0.451 e. The smallest absolute Gasteiger partial charge is 0.384 e. The van der Waals surface area contributed by atoms with Gasteiger partial charge in [0.15, 0.2) is 0 Å². The van der Waals surface area contributed by atoms with E-state index in [9.17, 15) is 13.2 Å². The molecule has 0 amide bonds. The summed E-state index contributed by atoms with van der Waals surface area (Å²) in [5.41, 5.74) is 7.51. The van der Waals surface area contributed by atoms with Crippen LogP contribution in [0.3, 0.4) is 0 Å². The Kier molecular flexibility index (Phi) is 4.02. The average Bonchev–Trinajstić information content (AvgIpc) is 2.39. The van der Waals surface area contributed by atoms with Crippen molar-refractivity contribution in [2.45, 2.75) is 19.6 Å². The Morgan fingerprint density at radius 1 is 1.14 bits per heavy atom. The third-order valence-electron chi connectivity index (χ3n) is 2.92. The second kappa shape index (κ2) is 5.59. The Hall–Kier alpha value is -2.31. The summed E-state index contributed by atoms with van der Waals surface area (Å²) in [6.07, 6.45) is -4.62. The van der Waals surface area contributed by atoms with Crippen LogP contribution in [-0.4, -0.2) is 17.0 Å². The molecule has 1 heterocycles. The number of hydrogen-bond acceptors (Lipinski definition) is 4. The molecule has 112 valence electrons. The van der Waals surface area contributed by atoms with Crippen LogP contribution >= 0.6 is 0 Å². The van der Waals surface area contributed by atoms with E-state index in [4.69, 9.17) is 5.73 Å². The van der Waals surface area contributed by atoms with E-state index in [1.807, 2.05) is 31.2 Å². The van der Waals surface area contributed by atoms with Crippen LogP contribution in [0.2, 0.25) is 0 Å². The molecule has 0 spiro atoms. The number of alkyl halides is 3. The van der Waals surface area contributed by atoms with Crippen LogP contribution < -0.4 is 10.6 Å². The lowest BCUT2D eigenvalue weighted by molar-refractivity contribution is -0.144. The summed E-state index contributed by atoms with van der Waals surface area (Å²) >= 11 is 0. The summed E-state index contributed by atoms with van der Waals surface area (Å²) in [6, 6.07) is 9.04. The first-order valence-electron chi connectivity index (χ1n) is 6.24. The molecule has 0 aliphatic carbocycles. The van der Waals surface area contributed by atoms with E-state index >= 15 is 0 Å². The van der Waals surface area contributed by atoms with E-state index in [1.54, 1.807) is 11.9 Å². The van der Waals surface area contributed by atoms with Crippen molar-refractivity contribution in [2.75, 3.05) is 17.7 Å². The van der Waals surface area contributed by atoms with Crippen LogP contribution in [-0.2, 0) is 12.7 Å². The van der Waals surface area contributed by atoms with Crippen LogP contribution in [0, 0.1) is 6.92 Å². The number of hydrogen-bond donors (Lipinski definition) is 1. The van der Waals surface area contributed by atoms with E-state index in [0.29, 0.717) is 6.54 Å². The van der Waals surface area contributed by atoms with Gasteiger partial charge in [-0.3, -0.25) is 0 Å². The predicted octanol–water partition coefficient (Wildman–Crippen LogP) is 3.02. The minimum Gasteiger partial charge on any atom is -0.384 e. The maximum Gasteiger partial charge on any atom is 0.451 e. The van der Waals surface area contributed by atoms with Crippen LogP contribution in [0.25, 0.3) is 0 Å². The molecule has 0 fully saturated rings. The molecule has 0 aliphatic rings. The minimum atomic E-state index is -4.62. The third-order valence-corrected chi connectivity index (χ3v) is 2.92. The first-order chi connectivity index (χ1) is 9.75. The second-order valence-corrected chi connectivity index (χ2v) is 4.81. The highest BCUT2D eigenvalue weighted by Gasteiger charge is 2.35. The first-order valence-corrected chi connectivity index (χ1v) is 6.24. The molecule has 1 aromatic carbocycles. The molecule has 2 aromatic rings. The minimum absolute atomic E-state index is 0.135. The summed E-state index contributed by atoms with van der Waals surface area (Å²) in [4.78, 5) is 8.34. The third kappa shape index (κ3) is 3.84. The fourth-order valence-electron chi connectivity index (χ4n) is 1.82. The van der Waals surface area contributed by atoms with Crippen molar-refractivity contribution in [3.63, 3.8) is 0 Å². The van der Waals surface area contributed by atoms with E-state index in [-0.39, 0.29) is 11.6 Å². The number of halogens is 3. The molecule has 0 radical (unpaired) electrons. The average molecular weight is 296 g/mol.